The third-order valence-corrected chi connectivity index (χ3v) is 2.91. The Balaban J connectivity index is 4.08. The summed E-state index contributed by atoms with van der Waals surface area (Å²) in [4.78, 5) is 11.8. The topological polar surface area (TPSA) is 67.2 Å². The van der Waals surface area contributed by atoms with Crippen LogP contribution in [0.2, 0.25) is 0 Å². The van der Waals surface area contributed by atoms with Crippen molar-refractivity contribution in [3.63, 3.8) is 0 Å². The quantitative estimate of drug-likeness (QED) is 0.480. The fourth-order valence-electron chi connectivity index (χ4n) is 0.998. The van der Waals surface area contributed by atoms with E-state index in [0.29, 0.717) is 18.0 Å². The molecule has 0 aromatic rings. The van der Waals surface area contributed by atoms with E-state index < -0.39 is 5.54 Å². The van der Waals surface area contributed by atoms with Gasteiger partial charge in [0.15, 0.2) is 0 Å². The minimum atomic E-state index is -0.592. The molecule has 0 aliphatic heterocycles. The highest BCUT2D eigenvalue weighted by molar-refractivity contribution is 7.80. The fraction of sp³-hybridized carbons (Fsp3) is 0.800. The molecule has 0 aromatic carbocycles. The van der Waals surface area contributed by atoms with Crippen LogP contribution in [-0.2, 0) is 0 Å². The first-order chi connectivity index (χ1) is 6.96. The van der Waals surface area contributed by atoms with E-state index in [-0.39, 0.29) is 6.03 Å². The molecule has 1 atom stereocenters. The van der Waals surface area contributed by atoms with Gasteiger partial charge in [-0.1, -0.05) is 32.5 Å². The summed E-state index contributed by atoms with van der Waals surface area (Å²) in [5, 5.41) is 5.55. The predicted octanol–water partition coefficient (Wildman–Crippen LogP) is 1.54. The molecule has 2 amide bonds. The van der Waals surface area contributed by atoms with Crippen molar-refractivity contribution < 1.29 is 4.79 Å². The molecule has 0 heterocycles. The Kier molecular flexibility index (Phi) is 6.24. The number of urea groups is 1. The molecule has 88 valence electrons. The third-order valence-electron chi connectivity index (χ3n) is 2.46. The smallest absolute Gasteiger partial charge is 0.315 e. The highest BCUT2D eigenvalue weighted by Gasteiger charge is 2.27. The summed E-state index contributed by atoms with van der Waals surface area (Å²) in [6.07, 6.45) is 2.72. The molecular weight excluding hydrogens is 210 g/mol. The first-order valence-electron chi connectivity index (χ1n) is 5.32. The summed E-state index contributed by atoms with van der Waals surface area (Å²) >= 11 is 4.92. The maximum absolute atomic E-state index is 11.5. The highest BCUT2D eigenvalue weighted by atomic mass is 32.1. The van der Waals surface area contributed by atoms with Gasteiger partial charge in [0.05, 0.1) is 10.5 Å². The van der Waals surface area contributed by atoms with E-state index in [1.54, 1.807) is 0 Å². The number of carbonyl (C=O) groups excluding carboxylic acids is 1. The summed E-state index contributed by atoms with van der Waals surface area (Å²) in [5.41, 5.74) is 4.98. The standard InChI is InChI=1S/C10H21N3OS/c1-4-6-7-12-9(14)13-10(3,5-2)8(11)15/h4-7H2,1-3H3,(H2,11,15)(H2,12,13,14). The average Bonchev–Trinajstić information content (AvgIpc) is 2.17. The summed E-state index contributed by atoms with van der Waals surface area (Å²) in [5.74, 6) is 0. The van der Waals surface area contributed by atoms with Crippen LogP contribution in [0.5, 0.6) is 0 Å². The van der Waals surface area contributed by atoms with Crippen LogP contribution in [0.3, 0.4) is 0 Å². The maximum atomic E-state index is 11.5. The molecular formula is C10H21N3OS. The van der Waals surface area contributed by atoms with Crippen LogP contribution >= 0.6 is 12.2 Å². The molecule has 0 spiro atoms. The van der Waals surface area contributed by atoms with Crippen molar-refractivity contribution in [2.24, 2.45) is 5.73 Å². The van der Waals surface area contributed by atoms with Gasteiger partial charge in [0.1, 0.15) is 0 Å². The van der Waals surface area contributed by atoms with Crippen molar-refractivity contribution in [1.82, 2.24) is 10.6 Å². The van der Waals surface area contributed by atoms with Gasteiger partial charge >= 0.3 is 6.03 Å². The SMILES string of the molecule is CCCCNC(=O)NC(C)(CC)C(N)=S. The Bertz CT molecular complexity index is 233. The Morgan fingerprint density at radius 3 is 2.47 bits per heavy atom. The molecule has 0 aliphatic rings. The summed E-state index contributed by atoms with van der Waals surface area (Å²) in [7, 11) is 0. The normalized spacial score (nSPS) is 14.1. The van der Waals surface area contributed by atoms with Crippen molar-refractivity contribution >= 4 is 23.2 Å². The van der Waals surface area contributed by atoms with E-state index >= 15 is 0 Å². The van der Waals surface area contributed by atoms with Gasteiger partial charge in [-0.25, -0.2) is 4.79 Å². The van der Waals surface area contributed by atoms with Gasteiger partial charge in [0.25, 0.3) is 0 Å². The number of hydrogen-bond acceptors (Lipinski definition) is 2. The molecule has 0 aromatic heterocycles. The lowest BCUT2D eigenvalue weighted by molar-refractivity contribution is 0.234. The van der Waals surface area contributed by atoms with E-state index in [9.17, 15) is 4.79 Å². The third kappa shape index (κ3) is 4.97. The van der Waals surface area contributed by atoms with E-state index in [2.05, 4.69) is 17.6 Å². The van der Waals surface area contributed by atoms with E-state index in [0.717, 1.165) is 12.8 Å². The van der Waals surface area contributed by atoms with Crippen molar-refractivity contribution in [2.75, 3.05) is 6.54 Å². The van der Waals surface area contributed by atoms with Gasteiger partial charge in [0.2, 0.25) is 0 Å². The van der Waals surface area contributed by atoms with Crippen LogP contribution in [0.15, 0.2) is 0 Å². The lowest BCUT2D eigenvalue weighted by atomic mass is 9.99. The minimum absolute atomic E-state index is 0.208. The maximum Gasteiger partial charge on any atom is 0.315 e. The molecule has 0 saturated heterocycles. The van der Waals surface area contributed by atoms with Crippen molar-refractivity contribution in [3.05, 3.63) is 0 Å². The zero-order chi connectivity index (χ0) is 11.9. The average molecular weight is 231 g/mol. The lowest BCUT2D eigenvalue weighted by Gasteiger charge is -2.28. The molecule has 0 rings (SSSR count). The Hall–Kier alpha value is -0.840. The van der Waals surface area contributed by atoms with Crippen LogP contribution in [0.1, 0.15) is 40.0 Å². The van der Waals surface area contributed by atoms with Crippen LogP contribution in [0.4, 0.5) is 4.79 Å². The van der Waals surface area contributed by atoms with Gasteiger partial charge in [-0.2, -0.15) is 0 Å². The van der Waals surface area contributed by atoms with Gasteiger partial charge in [-0.15, -0.1) is 0 Å². The van der Waals surface area contributed by atoms with E-state index in [4.69, 9.17) is 18.0 Å². The number of amides is 2. The minimum Gasteiger partial charge on any atom is -0.391 e. The van der Waals surface area contributed by atoms with Crippen LogP contribution in [0, 0.1) is 0 Å². The zero-order valence-electron chi connectivity index (χ0n) is 9.72. The van der Waals surface area contributed by atoms with E-state index in [1.807, 2.05) is 13.8 Å². The second-order valence-corrected chi connectivity index (χ2v) is 4.22. The molecule has 0 bridgehead atoms. The van der Waals surface area contributed by atoms with Crippen LogP contribution in [-0.4, -0.2) is 23.1 Å². The number of rotatable bonds is 6. The summed E-state index contributed by atoms with van der Waals surface area (Å²) in [6.45, 7) is 6.52. The van der Waals surface area contributed by atoms with Crippen LogP contribution in [0.25, 0.3) is 0 Å². The Morgan fingerprint density at radius 1 is 1.47 bits per heavy atom. The number of thiocarbonyl (C=S) groups is 1. The molecule has 0 radical (unpaired) electrons. The first kappa shape index (κ1) is 14.2. The Morgan fingerprint density at radius 2 is 2.07 bits per heavy atom. The molecule has 15 heavy (non-hydrogen) atoms. The number of hydrogen-bond donors (Lipinski definition) is 3. The number of carbonyl (C=O) groups is 1. The summed E-state index contributed by atoms with van der Waals surface area (Å²) < 4.78 is 0. The van der Waals surface area contributed by atoms with Crippen LogP contribution < -0.4 is 16.4 Å². The van der Waals surface area contributed by atoms with Gasteiger partial charge in [-0.05, 0) is 19.8 Å². The van der Waals surface area contributed by atoms with Gasteiger partial charge < -0.3 is 16.4 Å². The number of nitrogens with two attached hydrogens (primary N) is 1. The fourth-order valence-corrected chi connectivity index (χ4v) is 1.19. The second kappa shape index (κ2) is 6.61. The highest BCUT2D eigenvalue weighted by Crippen LogP contribution is 2.08. The molecule has 0 saturated carbocycles. The zero-order valence-corrected chi connectivity index (χ0v) is 10.5. The molecule has 4 nitrogen and oxygen atoms in total. The molecule has 5 heteroatoms. The molecule has 0 fully saturated rings. The number of nitrogens with one attached hydrogen (secondary N) is 2. The van der Waals surface area contributed by atoms with Gasteiger partial charge in [-0.3, -0.25) is 0 Å². The molecule has 0 aliphatic carbocycles. The lowest BCUT2D eigenvalue weighted by Crippen LogP contribution is -2.56. The largest absolute Gasteiger partial charge is 0.391 e. The van der Waals surface area contributed by atoms with Gasteiger partial charge in [0, 0.05) is 6.54 Å². The van der Waals surface area contributed by atoms with Crippen molar-refractivity contribution in [1.29, 1.82) is 0 Å². The summed E-state index contributed by atoms with van der Waals surface area (Å²) in [6, 6.07) is -0.208. The van der Waals surface area contributed by atoms with Crippen molar-refractivity contribution in [2.45, 2.75) is 45.6 Å². The second-order valence-electron chi connectivity index (χ2n) is 3.78. The predicted molar refractivity (Wildman–Crippen MR) is 66.9 cm³/mol. The molecule has 1 unspecified atom stereocenters. The molecule has 4 N–H and O–H groups in total. The monoisotopic (exact) mass is 231 g/mol. The van der Waals surface area contributed by atoms with E-state index in [1.165, 1.54) is 0 Å². The first-order valence-corrected chi connectivity index (χ1v) is 5.73. The Labute approximate surface area is 97.0 Å². The number of unbranched alkanes of at least 4 members (excludes halogenated alkanes) is 1. The van der Waals surface area contributed by atoms with Crippen molar-refractivity contribution in [3.8, 4) is 0 Å².